The normalized spacial score (nSPS) is 11.5. The second-order valence-electron chi connectivity index (χ2n) is 13.6. The molecule has 0 heterocycles. The van der Waals surface area contributed by atoms with Crippen molar-refractivity contribution in [3.8, 4) is 0 Å². The van der Waals surface area contributed by atoms with Crippen LogP contribution >= 0.6 is 0 Å². The van der Waals surface area contributed by atoms with Crippen molar-refractivity contribution < 1.29 is 42.9 Å². The van der Waals surface area contributed by atoms with Crippen LogP contribution in [0.15, 0.2) is 0 Å². The zero-order chi connectivity index (χ0) is 37.8. The number of carbonyl (C=O) groups excluding carboxylic acids is 5. The number of nitrogens with one attached hydrogen (secondary N) is 1. The molecule has 0 unspecified atom stereocenters. The molecule has 0 rings (SSSR count). The van der Waals surface area contributed by atoms with Gasteiger partial charge in [0.05, 0.1) is 46.8 Å². The van der Waals surface area contributed by atoms with E-state index in [-0.39, 0.29) is 94.6 Å². The highest BCUT2D eigenvalue weighted by Gasteiger charge is 2.34. The third-order valence-electron chi connectivity index (χ3n) is 8.66. The van der Waals surface area contributed by atoms with E-state index in [9.17, 15) is 24.0 Å². The minimum absolute atomic E-state index is 0.0730. The summed E-state index contributed by atoms with van der Waals surface area (Å²) >= 11 is 0. The maximum absolute atomic E-state index is 13.4. The van der Waals surface area contributed by atoms with Crippen molar-refractivity contribution in [2.45, 2.75) is 135 Å². The number of nitrogens with two attached hydrogens (primary N) is 3. The van der Waals surface area contributed by atoms with Crippen molar-refractivity contribution in [2.24, 2.45) is 22.6 Å². The Morgan fingerprint density at radius 2 is 0.902 bits per heavy atom. The van der Waals surface area contributed by atoms with Crippen LogP contribution in [0.1, 0.15) is 135 Å². The third-order valence-corrected chi connectivity index (χ3v) is 8.66. The van der Waals surface area contributed by atoms with E-state index in [1.54, 1.807) is 0 Å². The lowest BCUT2D eigenvalue weighted by Gasteiger charge is -2.33. The smallest absolute Gasteiger partial charge is 0.305 e. The Balaban J connectivity index is 5.26. The number of ether oxygens (including phenoxy) is 4. The fraction of sp³-hybridized carbons (Fsp3) is 0.868. The Hall–Kier alpha value is -2.29. The molecular weight excluding hydrogens is 656 g/mol. The van der Waals surface area contributed by atoms with Gasteiger partial charge in [0.25, 0.3) is 0 Å². The van der Waals surface area contributed by atoms with Crippen LogP contribution in [0.5, 0.6) is 0 Å². The largest absolute Gasteiger partial charge is 0.469 e. The number of esters is 1. The molecule has 0 saturated carbocycles. The van der Waals surface area contributed by atoms with Gasteiger partial charge in [-0.05, 0) is 64.6 Å². The molecule has 51 heavy (non-hydrogen) atoms. The quantitative estimate of drug-likeness (QED) is 0.0521. The highest BCUT2D eigenvalue weighted by Crippen LogP contribution is 2.27. The Kier molecular flexibility index (Phi) is 33.2. The van der Waals surface area contributed by atoms with Gasteiger partial charge in [-0.15, -0.1) is 0 Å². The number of rotatable bonds is 39. The molecule has 0 aliphatic carbocycles. The van der Waals surface area contributed by atoms with Gasteiger partial charge in [0.1, 0.15) is 17.3 Å². The second kappa shape index (κ2) is 34.8. The van der Waals surface area contributed by atoms with Crippen LogP contribution in [0.25, 0.3) is 0 Å². The number of hydrogen-bond acceptors (Lipinski definition) is 12. The van der Waals surface area contributed by atoms with Crippen LogP contribution in [0, 0.1) is 5.41 Å². The standard InChI is InChI=1S/C38H72N4O9/c1-48-37(47)18-9-7-5-3-2-4-6-8-17-35(45)29-38(30-49-26-19-33(43)15-10-12-22-39,31-50-27-20-34(44)16-11-13-23-40)32-51-28-21-36(46)42-25-14-24-41/h2-32,39-41H2,1H3,(H,42,46). The fourth-order valence-corrected chi connectivity index (χ4v) is 5.54. The van der Waals surface area contributed by atoms with Crippen LogP contribution in [0.4, 0.5) is 0 Å². The summed E-state index contributed by atoms with van der Waals surface area (Å²) in [4.78, 5) is 61.5. The van der Waals surface area contributed by atoms with Crippen molar-refractivity contribution >= 4 is 29.2 Å². The maximum atomic E-state index is 13.4. The van der Waals surface area contributed by atoms with Gasteiger partial charge in [0, 0.05) is 63.3 Å². The van der Waals surface area contributed by atoms with Crippen molar-refractivity contribution in [3.63, 3.8) is 0 Å². The van der Waals surface area contributed by atoms with Crippen LogP contribution in [-0.4, -0.2) is 102 Å². The molecule has 0 aromatic rings. The summed E-state index contributed by atoms with van der Waals surface area (Å²) in [5, 5.41) is 2.81. The molecule has 13 nitrogen and oxygen atoms in total. The lowest BCUT2D eigenvalue weighted by molar-refractivity contribution is -0.140. The zero-order valence-corrected chi connectivity index (χ0v) is 31.8. The van der Waals surface area contributed by atoms with Crippen molar-refractivity contribution in [3.05, 3.63) is 0 Å². The first-order valence-corrected chi connectivity index (χ1v) is 19.4. The predicted molar refractivity (Wildman–Crippen MR) is 199 cm³/mol. The SMILES string of the molecule is COC(=O)CCCCCCCCCCC(=O)CC(COCCC(=O)CCCCN)(COCCC(=O)CCCCN)COCCC(=O)NCCCN. The molecule has 0 aromatic carbocycles. The first kappa shape index (κ1) is 48.7. The first-order chi connectivity index (χ1) is 24.7. The number of carbonyl (C=O) groups is 5. The highest BCUT2D eigenvalue weighted by atomic mass is 16.5. The molecule has 298 valence electrons. The maximum Gasteiger partial charge on any atom is 0.305 e. The average Bonchev–Trinajstić information content (AvgIpc) is 3.11. The van der Waals surface area contributed by atoms with Crippen LogP contribution in [0.3, 0.4) is 0 Å². The van der Waals surface area contributed by atoms with Crippen LogP contribution in [0.2, 0.25) is 0 Å². The molecule has 0 aliphatic rings. The van der Waals surface area contributed by atoms with Crippen LogP contribution < -0.4 is 22.5 Å². The van der Waals surface area contributed by atoms with Gasteiger partial charge < -0.3 is 41.5 Å². The van der Waals surface area contributed by atoms with E-state index in [1.165, 1.54) is 7.11 Å². The third kappa shape index (κ3) is 31.0. The van der Waals surface area contributed by atoms with E-state index in [4.69, 9.17) is 31.4 Å². The molecule has 0 aliphatic heterocycles. The molecule has 0 fully saturated rings. The van der Waals surface area contributed by atoms with Gasteiger partial charge >= 0.3 is 5.97 Å². The number of unbranched alkanes of at least 4 members (excludes halogenated alkanes) is 9. The summed E-state index contributed by atoms with van der Waals surface area (Å²) in [6.45, 7) is 3.08. The summed E-state index contributed by atoms with van der Waals surface area (Å²) < 4.78 is 22.7. The molecule has 7 N–H and O–H groups in total. The fourth-order valence-electron chi connectivity index (χ4n) is 5.54. The average molecular weight is 729 g/mol. The molecule has 13 heteroatoms. The summed E-state index contributed by atoms with van der Waals surface area (Å²) in [6, 6.07) is 0. The lowest BCUT2D eigenvalue weighted by atomic mass is 9.83. The number of amides is 1. The molecule has 0 radical (unpaired) electrons. The molecule has 0 bridgehead atoms. The van der Waals surface area contributed by atoms with Gasteiger partial charge in [-0.2, -0.15) is 0 Å². The number of Topliss-reactive ketones (excluding diaryl/α,β-unsaturated/α-hetero) is 3. The first-order valence-electron chi connectivity index (χ1n) is 19.4. The second-order valence-corrected chi connectivity index (χ2v) is 13.6. The van der Waals surface area contributed by atoms with Gasteiger partial charge in [-0.3, -0.25) is 24.0 Å². The lowest BCUT2D eigenvalue weighted by Crippen LogP contribution is -2.40. The number of methoxy groups -OCH3 is 1. The zero-order valence-electron chi connectivity index (χ0n) is 31.8. The summed E-state index contributed by atoms with van der Waals surface area (Å²) in [6.07, 6.45) is 14.3. The van der Waals surface area contributed by atoms with Gasteiger partial charge in [0.15, 0.2) is 0 Å². The van der Waals surface area contributed by atoms with Crippen molar-refractivity contribution in [2.75, 3.05) is 72.9 Å². The van der Waals surface area contributed by atoms with Gasteiger partial charge in [0.2, 0.25) is 5.91 Å². The van der Waals surface area contributed by atoms with Crippen molar-refractivity contribution in [1.82, 2.24) is 5.32 Å². The molecule has 0 spiro atoms. The highest BCUT2D eigenvalue weighted by molar-refractivity contribution is 5.79. The Morgan fingerprint density at radius 3 is 1.37 bits per heavy atom. The molecule has 0 aromatic heterocycles. The van der Waals surface area contributed by atoms with Crippen LogP contribution in [-0.2, 0) is 42.9 Å². The molecule has 0 atom stereocenters. The minimum Gasteiger partial charge on any atom is -0.469 e. The molecule has 1 amide bonds. The summed E-state index contributed by atoms with van der Waals surface area (Å²) in [7, 11) is 1.41. The molecule has 0 saturated heterocycles. The topological polar surface area (TPSA) is 212 Å². The van der Waals surface area contributed by atoms with Crippen molar-refractivity contribution in [1.29, 1.82) is 0 Å². The Bertz CT molecular complexity index is 846. The molecular formula is C38H72N4O9. The summed E-state index contributed by atoms with van der Waals surface area (Å²) in [5.41, 5.74) is 15.8. The number of hydrogen-bond donors (Lipinski definition) is 4. The van der Waals surface area contributed by atoms with E-state index < -0.39 is 5.41 Å². The Morgan fingerprint density at radius 1 is 0.490 bits per heavy atom. The van der Waals surface area contributed by atoms with E-state index in [0.29, 0.717) is 58.3 Å². The van der Waals surface area contributed by atoms with E-state index in [1.807, 2.05) is 0 Å². The predicted octanol–water partition coefficient (Wildman–Crippen LogP) is 4.09. The Labute approximate surface area is 307 Å². The van der Waals surface area contributed by atoms with Gasteiger partial charge in [-0.25, -0.2) is 0 Å². The van der Waals surface area contributed by atoms with E-state index in [0.717, 1.165) is 77.0 Å². The van der Waals surface area contributed by atoms with E-state index >= 15 is 0 Å². The number of ketones is 3. The summed E-state index contributed by atoms with van der Waals surface area (Å²) in [5.74, 6) is -0.0210. The van der Waals surface area contributed by atoms with E-state index in [2.05, 4.69) is 10.1 Å². The monoisotopic (exact) mass is 729 g/mol. The minimum atomic E-state index is -0.845. The van der Waals surface area contributed by atoms with Gasteiger partial charge in [-0.1, -0.05) is 38.5 Å².